The van der Waals surface area contributed by atoms with E-state index >= 15 is 0 Å². The first-order chi connectivity index (χ1) is 20.0. The molecule has 2 heterocycles. The highest BCUT2D eigenvalue weighted by Gasteiger charge is 2.32. The second-order valence-corrected chi connectivity index (χ2v) is 10.1. The number of halogens is 2. The van der Waals surface area contributed by atoms with Crippen molar-refractivity contribution in [3.63, 3.8) is 0 Å². The van der Waals surface area contributed by atoms with E-state index in [0.29, 0.717) is 27.1 Å². The highest BCUT2D eigenvalue weighted by molar-refractivity contribution is 6.42. The molecule has 42 heavy (non-hydrogen) atoms. The molecule has 0 saturated heterocycles. The first kappa shape index (κ1) is 30.5. The summed E-state index contributed by atoms with van der Waals surface area (Å²) in [5, 5.41) is 10.3. The Morgan fingerprint density at radius 1 is 1.05 bits per heavy atom. The SMILES string of the molecule is COC(=O)C1=C(C)NC(=O)N[C@@H]1c1ccc(OCC(=O)N/N=C\c2cc(C)n(-c3ccc(Cl)c(Cl)c3)c2C)c(OC)c1. The van der Waals surface area contributed by atoms with Crippen LogP contribution in [0.3, 0.4) is 0 Å². The molecular weight excluding hydrogens is 585 g/mol. The number of hydrogen-bond donors (Lipinski definition) is 3. The molecule has 0 aliphatic carbocycles. The molecule has 1 aliphatic heterocycles. The van der Waals surface area contributed by atoms with Crippen LogP contribution in [-0.2, 0) is 14.3 Å². The average molecular weight is 614 g/mol. The molecule has 13 heteroatoms. The third kappa shape index (κ3) is 6.53. The van der Waals surface area contributed by atoms with Gasteiger partial charge in [0.25, 0.3) is 5.91 Å². The van der Waals surface area contributed by atoms with Gasteiger partial charge in [-0.2, -0.15) is 5.10 Å². The first-order valence-electron chi connectivity index (χ1n) is 12.7. The molecule has 11 nitrogen and oxygen atoms in total. The minimum atomic E-state index is -0.773. The van der Waals surface area contributed by atoms with Gasteiger partial charge >= 0.3 is 12.0 Å². The number of nitrogens with one attached hydrogen (secondary N) is 3. The van der Waals surface area contributed by atoms with Gasteiger partial charge in [-0.15, -0.1) is 0 Å². The number of methoxy groups -OCH3 is 2. The van der Waals surface area contributed by atoms with Crippen molar-refractivity contribution in [2.75, 3.05) is 20.8 Å². The lowest BCUT2D eigenvalue weighted by molar-refractivity contribution is -0.136. The Morgan fingerprint density at radius 2 is 1.81 bits per heavy atom. The molecule has 4 rings (SSSR count). The number of esters is 1. The third-order valence-corrected chi connectivity index (χ3v) is 7.32. The summed E-state index contributed by atoms with van der Waals surface area (Å²) in [5.74, 6) is -0.495. The number of benzene rings is 2. The van der Waals surface area contributed by atoms with E-state index in [0.717, 1.165) is 22.6 Å². The van der Waals surface area contributed by atoms with Gasteiger partial charge in [0, 0.05) is 28.3 Å². The molecule has 3 N–H and O–H groups in total. The van der Waals surface area contributed by atoms with Crippen LogP contribution in [-0.4, -0.2) is 49.5 Å². The highest BCUT2D eigenvalue weighted by atomic mass is 35.5. The zero-order chi connectivity index (χ0) is 30.6. The molecule has 0 radical (unpaired) electrons. The summed E-state index contributed by atoms with van der Waals surface area (Å²) >= 11 is 12.2. The van der Waals surface area contributed by atoms with Gasteiger partial charge in [0.05, 0.1) is 42.1 Å². The van der Waals surface area contributed by atoms with Gasteiger partial charge in [-0.1, -0.05) is 29.3 Å². The largest absolute Gasteiger partial charge is 0.493 e. The lowest BCUT2D eigenvalue weighted by atomic mass is 9.95. The smallest absolute Gasteiger partial charge is 0.337 e. The molecule has 2 aromatic carbocycles. The van der Waals surface area contributed by atoms with Crippen molar-refractivity contribution in [3.8, 4) is 17.2 Å². The molecule has 1 atom stereocenters. The predicted octanol–water partition coefficient (Wildman–Crippen LogP) is 4.74. The zero-order valence-electron chi connectivity index (χ0n) is 23.5. The van der Waals surface area contributed by atoms with E-state index in [1.54, 1.807) is 43.5 Å². The summed E-state index contributed by atoms with van der Waals surface area (Å²) in [6, 6.07) is 10.9. The van der Waals surface area contributed by atoms with E-state index < -0.39 is 23.9 Å². The van der Waals surface area contributed by atoms with Gasteiger partial charge < -0.3 is 29.4 Å². The Kier molecular flexibility index (Phi) is 9.44. The summed E-state index contributed by atoms with van der Waals surface area (Å²) in [6.07, 6.45) is 1.55. The Bertz CT molecular complexity index is 1610. The van der Waals surface area contributed by atoms with E-state index in [1.165, 1.54) is 14.2 Å². The minimum Gasteiger partial charge on any atom is -0.493 e. The van der Waals surface area contributed by atoms with Gasteiger partial charge in [-0.3, -0.25) is 4.79 Å². The maximum Gasteiger partial charge on any atom is 0.337 e. The normalized spacial score (nSPS) is 14.8. The standard InChI is InChI=1S/C29H29Cl2N5O6/c1-15-10-19(17(3)36(15)20-7-8-21(30)22(31)12-20)13-32-35-25(37)14-42-23-9-6-18(11-24(23)40-4)27-26(28(38)41-5)16(2)33-29(39)34-27/h6-13,27H,14H2,1-5H3,(H,35,37)(H2,33,34,39)/b32-13-/t27-/m1/s1. The maximum atomic E-state index is 12.5. The molecular formula is C29H29Cl2N5O6. The quantitative estimate of drug-likeness (QED) is 0.181. The number of hydrazone groups is 1. The summed E-state index contributed by atoms with van der Waals surface area (Å²) in [7, 11) is 2.70. The summed E-state index contributed by atoms with van der Waals surface area (Å²) < 4.78 is 18.0. The second-order valence-electron chi connectivity index (χ2n) is 9.31. The van der Waals surface area contributed by atoms with E-state index in [4.69, 9.17) is 37.4 Å². The van der Waals surface area contributed by atoms with Gasteiger partial charge in [-0.05, 0) is 62.7 Å². The van der Waals surface area contributed by atoms with Crippen LogP contribution in [0.4, 0.5) is 4.79 Å². The van der Waals surface area contributed by atoms with Crippen molar-refractivity contribution in [2.45, 2.75) is 26.8 Å². The molecule has 0 bridgehead atoms. The topological polar surface area (TPSA) is 132 Å². The average Bonchev–Trinajstić information content (AvgIpc) is 3.24. The Labute approximate surface area is 252 Å². The van der Waals surface area contributed by atoms with Gasteiger partial charge in [-0.25, -0.2) is 15.0 Å². The lowest BCUT2D eigenvalue weighted by Crippen LogP contribution is -2.45. The van der Waals surface area contributed by atoms with Crippen molar-refractivity contribution in [1.82, 2.24) is 20.6 Å². The van der Waals surface area contributed by atoms with Crippen LogP contribution in [0.25, 0.3) is 5.69 Å². The third-order valence-electron chi connectivity index (χ3n) is 6.58. The van der Waals surface area contributed by atoms with E-state index in [2.05, 4.69) is 21.2 Å². The van der Waals surface area contributed by atoms with E-state index in [1.807, 2.05) is 30.5 Å². The van der Waals surface area contributed by atoms with Crippen molar-refractivity contribution in [2.24, 2.45) is 5.10 Å². The zero-order valence-corrected chi connectivity index (χ0v) is 25.0. The number of urea groups is 1. The van der Waals surface area contributed by atoms with Crippen molar-refractivity contribution < 1.29 is 28.6 Å². The molecule has 0 fully saturated rings. The molecule has 0 unspecified atom stereocenters. The fourth-order valence-electron chi connectivity index (χ4n) is 4.60. The number of aryl methyl sites for hydroxylation is 1. The van der Waals surface area contributed by atoms with Crippen molar-refractivity contribution in [1.29, 1.82) is 0 Å². The van der Waals surface area contributed by atoms with Gasteiger partial charge in [0.1, 0.15) is 0 Å². The molecule has 1 aromatic heterocycles. The summed E-state index contributed by atoms with van der Waals surface area (Å²) in [6.45, 7) is 5.15. The Hall–Kier alpha value is -4.48. The second kappa shape index (κ2) is 13.0. The fraction of sp³-hybridized carbons (Fsp3) is 0.241. The van der Waals surface area contributed by atoms with Gasteiger partial charge in [0.2, 0.25) is 0 Å². The number of carbonyl (C=O) groups is 3. The fourth-order valence-corrected chi connectivity index (χ4v) is 4.89. The molecule has 3 aromatic rings. The Balaban J connectivity index is 1.42. The van der Waals surface area contributed by atoms with Crippen LogP contribution in [0.15, 0.2) is 58.8 Å². The predicted molar refractivity (Wildman–Crippen MR) is 159 cm³/mol. The highest BCUT2D eigenvalue weighted by Crippen LogP contribution is 2.34. The van der Waals surface area contributed by atoms with E-state index in [9.17, 15) is 14.4 Å². The van der Waals surface area contributed by atoms with Crippen LogP contribution < -0.4 is 25.5 Å². The monoisotopic (exact) mass is 613 g/mol. The van der Waals surface area contributed by atoms with Crippen LogP contribution in [0.5, 0.6) is 11.5 Å². The number of rotatable bonds is 9. The molecule has 0 saturated carbocycles. The van der Waals surface area contributed by atoms with Gasteiger partial charge in [0.15, 0.2) is 18.1 Å². The molecule has 220 valence electrons. The van der Waals surface area contributed by atoms with Crippen LogP contribution >= 0.6 is 23.2 Å². The maximum absolute atomic E-state index is 12.5. The van der Waals surface area contributed by atoms with Crippen molar-refractivity contribution in [3.05, 3.63) is 86.3 Å². The number of carbonyl (C=O) groups excluding carboxylic acids is 3. The number of amides is 3. The van der Waals surface area contributed by atoms with Crippen LogP contribution in [0.1, 0.15) is 35.5 Å². The summed E-state index contributed by atoms with van der Waals surface area (Å²) in [5.41, 5.74) is 7.15. The number of ether oxygens (including phenoxy) is 3. The number of nitrogens with zero attached hydrogens (tertiary/aromatic N) is 2. The van der Waals surface area contributed by atoms with Crippen LogP contribution in [0, 0.1) is 13.8 Å². The Morgan fingerprint density at radius 3 is 2.50 bits per heavy atom. The molecule has 0 spiro atoms. The van der Waals surface area contributed by atoms with Crippen molar-refractivity contribution >= 4 is 47.3 Å². The number of aromatic nitrogens is 1. The molecule has 3 amide bonds. The first-order valence-corrected chi connectivity index (χ1v) is 13.4. The number of hydrogen-bond acceptors (Lipinski definition) is 7. The number of allylic oxidation sites excluding steroid dienone is 1. The molecule has 1 aliphatic rings. The lowest BCUT2D eigenvalue weighted by Gasteiger charge is -2.28. The van der Waals surface area contributed by atoms with Crippen LogP contribution in [0.2, 0.25) is 10.0 Å². The van der Waals surface area contributed by atoms with E-state index in [-0.39, 0.29) is 17.9 Å². The minimum absolute atomic E-state index is 0.253. The summed E-state index contributed by atoms with van der Waals surface area (Å²) in [4.78, 5) is 36.9.